The monoisotopic (exact) mass is 476 g/mol. The summed E-state index contributed by atoms with van der Waals surface area (Å²) in [4.78, 5) is 24.5. The van der Waals surface area contributed by atoms with Gasteiger partial charge in [0.05, 0.1) is 39.9 Å². The standard InChI is InChI=1S/C27H23F3N4O/c28-27(29,30)20-7-3-6-19(15-20)24-12-9-18-5-4-8-23(25(18)33-24)26(35)32-21-10-11-22(31-16-21)17-34-13-1-2-14-34/h3-12,15-16H,1-2,13-14,17H2,(H,32,35). The fraction of sp³-hybridized carbons (Fsp3) is 0.222. The molecule has 4 aromatic rings. The summed E-state index contributed by atoms with van der Waals surface area (Å²) in [5.74, 6) is -0.363. The van der Waals surface area contributed by atoms with E-state index in [9.17, 15) is 18.0 Å². The minimum atomic E-state index is -4.45. The number of alkyl halides is 3. The first kappa shape index (κ1) is 23.0. The average molecular weight is 477 g/mol. The maximum Gasteiger partial charge on any atom is 0.416 e. The van der Waals surface area contributed by atoms with Gasteiger partial charge >= 0.3 is 6.18 Å². The van der Waals surface area contributed by atoms with Gasteiger partial charge in [-0.05, 0) is 62.3 Å². The van der Waals surface area contributed by atoms with Gasteiger partial charge in [-0.2, -0.15) is 13.2 Å². The van der Waals surface area contributed by atoms with Crippen molar-refractivity contribution in [2.24, 2.45) is 0 Å². The number of aromatic nitrogens is 2. The third-order valence-electron chi connectivity index (χ3n) is 6.12. The maximum absolute atomic E-state index is 13.2. The number of amides is 1. The van der Waals surface area contributed by atoms with Crippen LogP contribution >= 0.6 is 0 Å². The third-order valence-corrected chi connectivity index (χ3v) is 6.12. The number of nitrogens with zero attached hydrogens (tertiary/aromatic N) is 3. The molecule has 0 bridgehead atoms. The van der Waals surface area contributed by atoms with Crippen LogP contribution in [-0.2, 0) is 12.7 Å². The van der Waals surface area contributed by atoms with Crippen LogP contribution in [0.3, 0.4) is 0 Å². The Morgan fingerprint density at radius 2 is 1.77 bits per heavy atom. The largest absolute Gasteiger partial charge is 0.416 e. The number of fused-ring (bicyclic) bond motifs is 1. The highest BCUT2D eigenvalue weighted by molar-refractivity contribution is 6.12. The lowest BCUT2D eigenvalue weighted by Gasteiger charge is -2.14. The SMILES string of the molecule is O=C(Nc1ccc(CN2CCCC2)nc1)c1cccc2ccc(-c3cccc(C(F)(F)F)c3)nc12. The molecule has 2 aromatic carbocycles. The molecule has 0 saturated carbocycles. The first-order valence-corrected chi connectivity index (χ1v) is 11.4. The summed E-state index contributed by atoms with van der Waals surface area (Å²) in [7, 11) is 0. The van der Waals surface area contributed by atoms with Gasteiger partial charge in [0.25, 0.3) is 5.91 Å². The zero-order valence-corrected chi connectivity index (χ0v) is 18.8. The summed E-state index contributed by atoms with van der Waals surface area (Å²) in [5.41, 5.74) is 2.19. The van der Waals surface area contributed by atoms with E-state index in [1.807, 2.05) is 18.2 Å². The van der Waals surface area contributed by atoms with Crippen molar-refractivity contribution < 1.29 is 18.0 Å². The van der Waals surface area contributed by atoms with Gasteiger partial charge in [-0.25, -0.2) is 4.98 Å². The molecule has 2 aromatic heterocycles. The van der Waals surface area contributed by atoms with E-state index < -0.39 is 11.7 Å². The normalized spacial score (nSPS) is 14.4. The van der Waals surface area contributed by atoms with E-state index in [4.69, 9.17) is 0 Å². The molecule has 178 valence electrons. The van der Waals surface area contributed by atoms with Crippen molar-refractivity contribution in [2.45, 2.75) is 25.6 Å². The second-order valence-electron chi connectivity index (χ2n) is 8.63. The van der Waals surface area contributed by atoms with Crippen LogP contribution in [0.2, 0.25) is 0 Å². The zero-order valence-electron chi connectivity index (χ0n) is 18.8. The smallest absolute Gasteiger partial charge is 0.321 e. The van der Waals surface area contributed by atoms with Crippen molar-refractivity contribution in [3.8, 4) is 11.3 Å². The number of anilines is 1. The summed E-state index contributed by atoms with van der Waals surface area (Å²) in [6, 6.07) is 17.3. The number of carbonyl (C=O) groups excluding carboxylic acids is 1. The Balaban J connectivity index is 1.39. The lowest BCUT2D eigenvalue weighted by molar-refractivity contribution is -0.137. The highest BCUT2D eigenvalue weighted by Gasteiger charge is 2.30. The molecule has 0 atom stereocenters. The number of nitrogens with one attached hydrogen (secondary N) is 1. The van der Waals surface area contributed by atoms with Gasteiger partial charge in [-0.1, -0.05) is 30.3 Å². The van der Waals surface area contributed by atoms with Crippen LogP contribution in [0.25, 0.3) is 22.2 Å². The van der Waals surface area contributed by atoms with Gasteiger partial charge in [0, 0.05) is 17.5 Å². The van der Waals surface area contributed by atoms with Crippen molar-refractivity contribution >= 4 is 22.5 Å². The molecule has 1 N–H and O–H groups in total. The van der Waals surface area contributed by atoms with Gasteiger partial charge in [-0.3, -0.25) is 14.7 Å². The number of carbonyl (C=O) groups is 1. The Hall–Kier alpha value is -3.78. The molecule has 35 heavy (non-hydrogen) atoms. The van der Waals surface area contributed by atoms with Crippen LogP contribution in [0.15, 0.2) is 72.9 Å². The topological polar surface area (TPSA) is 58.1 Å². The molecule has 0 unspecified atom stereocenters. The van der Waals surface area contributed by atoms with Crippen LogP contribution in [0.5, 0.6) is 0 Å². The van der Waals surface area contributed by atoms with Gasteiger partial charge < -0.3 is 5.32 Å². The zero-order chi connectivity index (χ0) is 24.4. The van der Waals surface area contributed by atoms with Crippen molar-refractivity contribution in [3.63, 3.8) is 0 Å². The van der Waals surface area contributed by atoms with Crippen LogP contribution in [0.4, 0.5) is 18.9 Å². The molecule has 1 amide bonds. The van der Waals surface area contributed by atoms with E-state index in [-0.39, 0.29) is 5.91 Å². The Labute approximate surface area is 200 Å². The van der Waals surface area contributed by atoms with E-state index in [0.717, 1.165) is 37.5 Å². The first-order chi connectivity index (χ1) is 16.9. The summed E-state index contributed by atoms with van der Waals surface area (Å²) in [6.45, 7) is 2.95. The van der Waals surface area contributed by atoms with Crippen molar-refractivity contribution in [1.29, 1.82) is 0 Å². The number of hydrogen-bond donors (Lipinski definition) is 1. The fourth-order valence-corrected chi connectivity index (χ4v) is 4.31. The molecule has 0 spiro atoms. The van der Waals surface area contributed by atoms with Crippen LogP contribution in [0.1, 0.15) is 34.5 Å². The molecule has 0 aliphatic carbocycles. The van der Waals surface area contributed by atoms with Gasteiger partial charge in [0.15, 0.2) is 0 Å². The Bertz CT molecular complexity index is 1360. The molecule has 0 radical (unpaired) electrons. The quantitative estimate of drug-likeness (QED) is 0.375. The Morgan fingerprint density at radius 1 is 0.971 bits per heavy atom. The lowest BCUT2D eigenvalue weighted by atomic mass is 10.0. The van der Waals surface area contributed by atoms with Crippen molar-refractivity contribution in [3.05, 3.63) is 89.7 Å². The Kier molecular flexibility index (Phi) is 6.21. The number of para-hydroxylation sites is 1. The molecule has 1 aliphatic heterocycles. The number of rotatable bonds is 5. The minimum Gasteiger partial charge on any atom is -0.321 e. The van der Waals surface area contributed by atoms with Gasteiger partial charge in [-0.15, -0.1) is 0 Å². The van der Waals surface area contributed by atoms with Crippen molar-refractivity contribution in [2.75, 3.05) is 18.4 Å². The molecule has 5 nitrogen and oxygen atoms in total. The van der Waals surface area contributed by atoms with Crippen LogP contribution < -0.4 is 5.32 Å². The molecule has 5 rings (SSSR count). The average Bonchev–Trinajstić information content (AvgIpc) is 3.37. The minimum absolute atomic E-state index is 0.328. The molecule has 1 saturated heterocycles. The molecule has 8 heteroatoms. The van der Waals surface area contributed by atoms with Crippen LogP contribution in [-0.4, -0.2) is 33.9 Å². The predicted molar refractivity (Wildman–Crippen MR) is 129 cm³/mol. The summed E-state index contributed by atoms with van der Waals surface area (Å²) < 4.78 is 39.5. The number of pyridine rings is 2. The van der Waals surface area contributed by atoms with Gasteiger partial charge in [0.1, 0.15) is 0 Å². The molecule has 3 heterocycles. The number of benzene rings is 2. The maximum atomic E-state index is 13.2. The molecular formula is C27H23F3N4O. The predicted octanol–water partition coefficient (Wildman–Crippen LogP) is 6.16. The highest BCUT2D eigenvalue weighted by atomic mass is 19.4. The van der Waals surface area contributed by atoms with E-state index in [1.54, 1.807) is 36.5 Å². The Morgan fingerprint density at radius 3 is 2.51 bits per heavy atom. The summed E-state index contributed by atoms with van der Waals surface area (Å²) >= 11 is 0. The summed E-state index contributed by atoms with van der Waals surface area (Å²) in [5, 5.41) is 3.57. The highest BCUT2D eigenvalue weighted by Crippen LogP contribution is 2.32. The van der Waals surface area contributed by atoms with E-state index >= 15 is 0 Å². The van der Waals surface area contributed by atoms with Crippen molar-refractivity contribution in [1.82, 2.24) is 14.9 Å². The fourth-order valence-electron chi connectivity index (χ4n) is 4.31. The van der Waals surface area contributed by atoms with E-state index in [1.165, 1.54) is 18.9 Å². The third kappa shape index (κ3) is 5.17. The molecule has 1 fully saturated rings. The second-order valence-corrected chi connectivity index (χ2v) is 8.63. The van der Waals surface area contributed by atoms with E-state index in [2.05, 4.69) is 20.2 Å². The lowest BCUT2D eigenvalue weighted by Crippen LogP contribution is -2.19. The number of halogens is 3. The molecule has 1 aliphatic rings. The number of likely N-dealkylation sites (tertiary alicyclic amines) is 1. The second kappa shape index (κ2) is 9.46. The van der Waals surface area contributed by atoms with E-state index in [0.29, 0.717) is 33.4 Å². The van der Waals surface area contributed by atoms with Gasteiger partial charge in [0.2, 0.25) is 0 Å². The number of hydrogen-bond acceptors (Lipinski definition) is 4. The molecular weight excluding hydrogens is 453 g/mol. The summed E-state index contributed by atoms with van der Waals surface area (Å²) in [6.07, 6.45) is -0.392. The first-order valence-electron chi connectivity index (χ1n) is 11.4. The van der Waals surface area contributed by atoms with Crippen LogP contribution in [0, 0.1) is 0 Å².